The van der Waals surface area contributed by atoms with E-state index in [0.29, 0.717) is 5.56 Å². The van der Waals surface area contributed by atoms with E-state index in [1.54, 1.807) is 30.3 Å². The van der Waals surface area contributed by atoms with Gasteiger partial charge in [0.15, 0.2) is 5.75 Å². The van der Waals surface area contributed by atoms with Crippen molar-refractivity contribution >= 4 is 17.8 Å². The number of amides is 1. The van der Waals surface area contributed by atoms with Crippen molar-refractivity contribution in [2.45, 2.75) is 0 Å². The highest BCUT2D eigenvalue weighted by molar-refractivity contribution is 5.95. The Kier molecular flexibility index (Phi) is 4.33. The second-order valence-electron chi connectivity index (χ2n) is 4.22. The van der Waals surface area contributed by atoms with Crippen LogP contribution in [0.2, 0.25) is 0 Å². The van der Waals surface area contributed by atoms with Crippen LogP contribution in [0.15, 0.2) is 47.6 Å². The predicted molar refractivity (Wildman–Crippen MR) is 77.9 cm³/mol. The Morgan fingerprint density at radius 1 is 1.18 bits per heavy atom. The Balaban J connectivity index is 2.15. The fraction of sp³-hybridized carbons (Fsp3) is 0. The van der Waals surface area contributed by atoms with Crippen LogP contribution in [0.5, 0.6) is 11.5 Å². The second kappa shape index (κ2) is 6.35. The first kappa shape index (κ1) is 15.0. The van der Waals surface area contributed by atoms with Crippen LogP contribution in [0.4, 0.5) is 5.69 Å². The van der Waals surface area contributed by atoms with Crippen LogP contribution in [0.3, 0.4) is 0 Å². The molecule has 8 nitrogen and oxygen atoms in total. The third-order valence-electron chi connectivity index (χ3n) is 2.73. The van der Waals surface area contributed by atoms with Gasteiger partial charge in [0.25, 0.3) is 5.91 Å². The molecule has 2 aromatic carbocycles. The Morgan fingerprint density at radius 3 is 2.50 bits per heavy atom. The Hall–Kier alpha value is -3.42. The highest BCUT2D eigenvalue weighted by Gasteiger charge is 2.16. The molecule has 0 heterocycles. The molecular formula is C14H11N3O5. The van der Waals surface area contributed by atoms with Gasteiger partial charge >= 0.3 is 5.69 Å². The van der Waals surface area contributed by atoms with Gasteiger partial charge < -0.3 is 10.2 Å². The van der Waals surface area contributed by atoms with Gasteiger partial charge in [-0.15, -0.1) is 0 Å². The molecule has 1 amide bonds. The molecule has 112 valence electrons. The van der Waals surface area contributed by atoms with Gasteiger partial charge in [-0.3, -0.25) is 14.9 Å². The van der Waals surface area contributed by atoms with Crippen molar-refractivity contribution in [3.63, 3.8) is 0 Å². The van der Waals surface area contributed by atoms with E-state index in [0.717, 1.165) is 18.3 Å². The maximum Gasteiger partial charge on any atom is 0.311 e. The molecule has 0 atom stereocenters. The zero-order valence-corrected chi connectivity index (χ0v) is 11.1. The SMILES string of the molecule is O=C(NN=Cc1cc([N+](=O)[O-])c(O)cc1O)c1ccccc1. The van der Waals surface area contributed by atoms with Gasteiger partial charge in [0.2, 0.25) is 0 Å². The zero-order chi connectivity index (χ0) is 16.1. The lowest BCUT2D eigenvalue weighted by Gasteiger charge is -2.02. The van der Waals surface area contributed by atoms with Gasteiger partial charge in [-0.2, -0.15) is 5.10 Å². The van der Waals surface area contributed by atoms with Crippen LogP contribution in [-0.4, -0.2) is 27.3 Å². The van der Waals surface area contributed by atoms with Gasteiger partial charge in [-0.25, -0.2) is 5.43 Å². The third-order valence-corrected chi connectivity index (χ3v) is 2.73. The molecule has 0 bridgehead atoms. The summed E-state index contributed by atoms with van der Waals surface area (Å²) >= 11 is 0. The number of hydrazone groups is 1. The molecule has 3 N–H and O–H groups in total. The lowest BCUT2D eigenvalue weighted by molar-refractivity contribution is -0.385. The molecule has 0 aliphatic rings. The lowest BCUT2D eigenvalue weighted by Crippen LogP contribution is -2.17. The minimum atomic E-state index is -0.797. The number of nitrogens with zero attached hydrogens (tertiary/aromatic N) is 2. The van der Waals surface area contributed by atoms with E-state index >= 15 is 0 Å². The summed E-state index contributed by atoms with van der Waals surface area (Å²) in [7, 11) is 0. The van der Waals surface area contributed by atoms with E-state index in [-0.39, 0.29) is 5.56 Å². The largest absolute Gasteiger partial charge is 0.507 e. The maximum atomic E-state index is 11.7. The van der Waals surface area contributed by atoms with Crippen LogP contribution < -0.4 is 5.43 Å². The van der Waals surface area contributed by atoms with E-state index in [9.17, 15) is 25.1 Å². The first-order valence-corrected chi connectivity index (χ1v) is 6.08. The molecule has 8 heteroatoms. The first-order chi connectivity index (χ1) is 10.5. The number of carbonyl (C=O) groups is 1. The molecule has 2 rings (SSSR count). The van der Waals surface area contributed by atoms with Crippen molar-refractivity contribution in [1.29, 1.82) is 0 Å². The van der Waals surface area contributed by atoms with Gasteiger partial charge in [-0.05, 0) is 12.1 Å². The van der Waals surface area contributed by atoms with Crippen molar-refractivity contribution in [2.75, 3.05) is 0 Å². The number of rotatable bonds is 4. The molecule has 0 spiro atoms. The highest BCUT2D eigenvalue weighted by atomic mass is 16.6. The minimum Gasteiger partial charge on any atom is -0.507 e. The number of benzene rings is 2. The molecule has 0 radical (unpaired) electrons. The van der Waals surface area contributed by atoms with Crippen molar-refractivity contribution in [2.24, 2.45) is 5.10 Å². The van der Waals surface area contributed by atoms with E-state index in [1.165, 1.54) is 0 Å². The van der Waals surface area contributed by atoms with Crippen molar-refractivity contribution in [1.82, 2.24) is 5.43 Å². The van der Waals surface area contributed by atoms with Gasteiger partial charge in [0.05, 0.1) is 11.1 Å². The Morgan fingerprint density at radius 2 is 1.86 bits per heavy atom. The number of carbonyl (C=O) groups excluding carboxylic acids is 1. The summed E-state index contributed by atoms with van der Waals surface area (Å²) in [6, 6.07) is 10.1. The molecule has 0 fully saturated rings. The standard InChI is InChI=1S/C14H11N3O5/c18-12-7-13(19)11(17(21)22)6-10(12)8-15-16-14(20)9-4-2-1-3-5-9/h1-8,18-19H,(H,16,20). The molecule has 2 aromatic rings. The van der Waals surface area contributed by atoms with E-state index in [2.05, 4.69) is 10.5 Å². The lowest BCUT2D eigenvalue weighted by atomic mass is 10.2. The van der Waals surface area contributed by atoms with Crippen LogP contribution >= 0.6 is 0 Å². The number of phenols is 2. The predicted octanol–water partition coefficient (Wildman–Crippen LogP) is 1.77. The molecule has 0 saturated carbocycles. The number of hydrogen-bond donors (Lipinski definition) is 3. The van der Waals surface area contributed by atoms with Crippen molar-refractivity contribution in [3.8, 4) is 11.5 Å². The monoisotopic (exact) mass is 301 g/mol. The normalized spacial score (nSPS) is 10.5. The minimum absolute atomic E-state index is 0.0159. The number of nitrogens with one attached hydrogen (secondary N) is 1. The number of aromatic hydroxyl groups is 2. The number of nitro groups is 1. The summed E-state index contributed by atoms with van der Waals surface area (Å²) in [4.78, 5) is 21.6. The first-order valence-electron chi connectivity index (χ1n) is 6.08. The molecule has 22 heavy (non-hydrogen) atoms. The van der Waals surface area contributed by atoms with Crippen LogP contribution in [0.1, 0.15) is 15.9 Å². The number of nitro benzene ring substituents is 1. The fourth-order valence-electron chi connectivity index (χ4n) is 1.65. The summed E-state index contributed by atoms with van der Waals surface area (Å²) < 4.78 is 0. The smallest absolute Gasteiger partial charge is 0.311 e. The zero-order valence-electron chi connectivity index (χ0n) is 11.1. The molecule has 0 aliphatic heterocycles. The average molecular weight is 301 g/mol. The number of hydrogen-bond acceptors (Lipinski definition) is 6. The molecular weight excluding hydrogens is 290 g/mol. The molecule has 0 aliphatic carbocycles. The third kappa shape index (κ3) is 3.37. The van der Waals surface area contributed by atoms with Crippen molar-refractivity contribution < 1.29 is 19.9 Å². The molecule has 0 aromatic heterocycles. The molecule has 0 unspecified atom stereocenters. The Bertz CT molecular complexity index is 744. The van der Waals surface area contributed by atoms with Crippen LogP contribution in [0.25, 0.3) is 0 Å². The summed E-state index contributed by atoms with van der Waals surface area (Å²) in [5.74, 6) is -1.53. The summed E-state index contributed by atoms with van der Waals surface area (Å²) in [6.07, 6.45) is 1.04. The van der Waals surface area contributed by atoms with Crippen LogP contribution in [0, 0.1) is 10.1 Å². The fourth-order valence-corrected chi connectivity index (χ4v) is 1.65. The topological polar surface area (TPSA) is 125 Å². The Labute approximate surface area is 124 Å². The van der Waals surface area contributed by atoms with Gasteiger partial charge in [0.1, 0.15) is 5.75 Å². The number of phenolic OH excluding ortho intramolecular Hbond substituents is 2. The summed E-state index contributed by atoms with van der Waals surface area (Å²) in [5, 5.41) is 33.2. The average Bonchev–Trinajstić information content (AvgIpc) is 2.49. The highest BCUT2D eigenvalue weighted by Crippen LogP contribution is 2.31. The maximum absolute atomic E-state index is 11.7. The quantitative estimate of drug-likeness (QED) is 0.451. The van der Waals surface area contributed by atoms with Crippen LogP contribution in [-0.2, 0) is 0 Å². The second-order valence-corrected chi connectivity index (χ2v) is 4.22. The van der Waals surface area contributed by atoms with Gasteiger partial charge in [-0.1, -0.05) is 18.2 Å². The summed E-state index contributed by atoms with van der Waals surface area (Å²) in [6.45, 7) is 0. The van der Waals surface area contributed by atoms with E-state index in [1.807, 2.05) is 0 Å². The van der Waals surface area contributed by atoms with E-state index in [4.69, 9.17) is 0 Å². The van der Waals surface area contributed by atoms with Crippen molar-refractivity contribution in [3.05, 3.63) is 63.7 Å². The summed E-state index contributed by atoms with van der Waals surface area (Å²) in [5.41, 5.74) is 2.02. The van der Waals surface area contributed by atoms with E-state index < -0.39 is 28.0 Å². The molecule has 0 saturated heterocycles. The van der Waals surface area contributed by atoms with Gasteiger partial charge in [0, 0.05) is 23.3 Å².